The molecular formula is C41H54N10O7S. The van der Waals surface area contributed by atoms with Crippen molar-refractivity contribution in [2.45, 2.75) is 96.4 Å². The lowest BCUT2D eigenvalue weighted by Gasteiger charge is -2.33. The van der Waals surface area contributed by atoms with Gasteiger partial charge in [0, 0.05) is 30.1 Å². The van der Waals surface area contributed by atoms with E-state index in [-0.39, 0.29) is 36.2 Å². The van der Waals surface area contributed by atoms with Gasteiger partial charge in [-0.05, 0) is 81.3 Å². The van der Waals surface area contributed by atoms with Crippen LogP contribution < -0.4 is 36.1 Å². The maximum Gasteiger partial charge on any atom is 0.320 e. The fourth-order valence-corrected chi connectivity index (χ4v) is 7.26. The van der Waals surface area contributed by atoms with Gasteiger partial charge in [-0.2, -0.15) is 13.5 Å². The fourth-order valence-electron chi connectivity index (χ4n) is 7.26. The normalized spacial score (nSPS) is 18.5. The summed E-state index contributed by atoms with van der Waals surface area (Å²) in [6, 6.07) is 20.6. The summed E-state index contributed by atoms with van der Waals surface area (Å²) >= 11 is 0. The smallest absolute Gasteiger partial charge is 0.320 e. The van der Waals surface area contributed by atoms with Crippen LogP contribution >= 0.6 is 0 Å². The highest BCUT2D eigenvalue weighted by Gasteiger charge is 2.31. The molecule has 1 aliphatic carbocycles. The van der Waals surface area contributed by atoms with Crippen molar-refractivity contribution in [3.05, 3.63) is 89.7 Å². The molecule has 3 aromatic heterocycles. The minimum Gasteiger partial charge on any atom is -0.489 e. The number of benzene rings is 2. The van der Waals surface area contributed by atoms with E-state index in [0.717, 1.165) is 53.6 Å². The van der Waals surface area contributed by atoms with Crippen LogP contribution in [0.4, 0.5) is 21.4 Å². The van der Waals surface area contributed by atoms with E-state index in [1.807, 2.05) is 72.1 Å². The van der Waals surface area contributed by atoms with Crippen molar-refractivity contribution < 1.29 is 32.0 Å². The number of pyridine rings is 1. The first-order valence-electron chi connectivity index (χ1n) is 19.7. The average molecular weight is 831 g/mol. The van der Waals surface area contributed by atoms with Crippen molar-refractivity contribution in [3.63, 3.8) is 0 Å². The van der Waals surface area contributed by atoms with Gasteiger partial charge in [0.25, 0.3) is 10.1 Å². The van der Waals surface area contributed by atoms with Crippen LogP contribution in [0, 0.1) is 0 Å². The third-order valence-electron chi connectivity index (χ3n) is 10.1. The number of nitrogens with two attached hydrogens (primary N) is 1. The summed E-state index contributed by atoms with van der Waals surface area (Å²) in [5, 5.41) is 22.7. The van der Waals surface area contributed by atoms with Crippen molar-refractivity contribution in [2.24, 2.45) is 5.73 Å². The molecule has 17 nitrogen and oxygen atoms in total. The van der Waals surface area contributed by atoms with E-state index in [9.17, 15) is 18.0 Å². The van der Waals surface area contributed by atoms with Crippen LogP contribution in [0.1, 0.15) is 95.7 Å². The van der Waals surface area contributed by atoms with Gasteiger partial charge in [-0.15, -0.1) is 10.2 Å². The summed E-state index contributed by atoms with van der Waals surface area (Å²) in [6.45, 7) is 11.5. The van der Waals surface area contributed by atoms with E-state index in [1.165, 1.54) is 6.42 Å². The standard InChI is InChI=1S/C40H50N10O4.CH4O3S/c1-25-11-8-9-20-48(25)39-46-45-35-19-16-29(24-49(35)39)54-33-18-17-32(30-14-6-7-15-31(30)33)43-38(52)44-36-22-34(40(3,4)5)47-50(36)27-12-10-13-28(21-27)53-26(2)23-42-37(41)51;1-5(2,3)4/h6-7,10,12-16,19,21-22,24-26,32-33H,8-9,11,17-18,20,23H2,1-5H3,(H3,41,42,51)(H2,43,44,52);1H3,(H,2,3,4)/t25-,26-,32-,33+;/m0./s1. The molecule has 2 aliphatic rings. The number of piperidine rings is 1. The molecule has 2 aromatic carbocycles. The maximum atomic E-state index is 13.7. The van der Waals surface area contributed by atoms with Crippen LogP contribution in [-0.2, 0) is 15.5 Å². The minimum absolute atomic E-state index is 0.187. The summed E-state index contributed by atoms with van der Waals surface area (Å²) in [5.74, 6) is 2.70. The lowest BCUT2D eigenvalue weighted by atomic mass is 9.85. The van der Waals surface area contributed by atoms with Gasteiger partial charge < -0.3 is 30.7 Å². The van der Waals surface area contributed by atoms with E-state index < -0.39 is 16.1 Å². The molecule has 1 fully saturated rings. The predicted molar refractivity (Wildman–Crippen MR) is 225 cm³/mol. The first kappa shape index (κ1) is 42.7. The zero-order valence-corrected chi connectivity index (χ0v) is 35.1. The Labute approximate surface area is 344 Å². The molecule has 0 unspecified atom stereocenters. The maximum absolute atomic E-state index is 13.7. The van der Waals surface area contributed by atoms with Crippen LogP contribution in [0.2, 0.25) is 0 Å². The Morgan fingerprint density at radius 1 is 0.983 bits per heavy atom. The van der Waals surface area contributed by atoms with E-state index >= 15 is 0 Å². The zero-order valence-electron chi connectivity index (χ0n) is 34.3. The summed E-state index contributed by atoms with van der Waals surface area (Å²) in [5.41, 5.74) is 9.31. The molecule has 0 radical (unpaired) electrons. The van der Waals surface area contributed by atoms with Gasteiger partial charge in [0.2, 0.25) is 5.95 Å². The molecule has 1 aliphatic heterocycles. The third kappa shape index (κ3) is 11.2. The van der Waals surface area contributed by atoms with Crippen LogP contribution in [0.3, 0.4) is 0 Å². The van der Waals surface area contributed by atoms with Gasteiger partial charge in [-0.25, -0.2) is 14.3 Å². The predicted octanol–water partition coefficient (Wildman–Crippen LogP) is 6.31. The summed E-state index contributed by atoms with van der Waals surface area (Å²) < 4.78 is 42.3. The number of nitrogens with zero attached hydrogens (tertiary/aromatic N) is 6. The SMILES string of the molecule is CS(=O)(=O)O.C[C@@H](CNC(N)=O)Oc1cccc(-n2nc(C(C)(C)C)cc2NC(=O)N[C@H]2CC[C@@H](Oc3ccc4nnc(N5CCCC[C@@H]5C)n4c3)c3ccccc32)c1. The monoisotopic (exact) mass is 830 g/mol. The Hall–Kier alpha value is -5.88. The lowest BCUT2D eigenvalue weighted by molar-refractivity contribution is 0.171. The number of nitrogens with one attached hydrogen (secondary N) is 3. The molecule has 4 heterocycles. The molecule has 7 rings (SSSR count). The first-order valence-corrected chi connectivity index (χ1v) is 21.6. The average Bonchev–Trinajstić information content (AvgIpc) is 3.79. The van der Waals surface area contributed by atoms with E-state index in [2.05, 4.69) is 70.9 Å². The molecule has 6 N–H and O–H groups in total. The highest BCUT2D eigenvalue weighted by molar-refractivity contribution is 7.85. The number of urea groups is 2. The minimum atomic E-state index is -3.67. The number of rotatable bonds is 10. The van der Waals surface area contributed by atoms with Crippen LogP contribution in [0.25, 0.3) is 11.3 Å². The second-order valence-corrected chi connectivity index (χ2v) is 17.5. The van der Waals surface area contributed by atoms with Gasteiger partial charge >= 0.3 is 12.1 Å². The number of primary amides is 1. The first-order chi connectivity index (χ1) is 27.9. The largest absolute Gasteiger partial charge is 0.489 e. The Morgan fingerprint density at radius 3 is 2.44 bits per heavy atom. The molecule has 0 spiro atoms. The fraction of sp³-hybridized carbons (Fsp3) is 0.439. The Kier molecular flexibility index (Phi) is 13.0. The molecular weight excluding hydrogens is 777 g/mol. The number of fused-ring (bicyclic) bond motifs is 2. The van der Waals surface area contributed by atoms with E-state index in [4.69, 9.17) is 24.9 Å². The zero-order chi connectivity index (χ0) is 42.5. The van der Waals surface area contributed by atoms with Gasteiger partial charge in [-0.1, -0.05) is 51.1 Å². The van der Waals surface area contributed by atoms with Gasteiger partial charge in [0.05, 0.1) is 36.4 Å². The number of carbonyl (C=O) groups is 2. The second kappa shape index (κ2) is 17.9. The van der Waals surface area contributed by atoms with Crippen molar-refractivity contribution >= 4 is 39.6 Å². The number of hydrogen-bond acceptors (Lipinski definition) is 10. The molecule has 1 saturated heterocycles. The highest BCUT2D eigenvalue weighted by atomic mass is 32.2. The van der Waals surface area contributed by atoms with Crippen molar-refractivity contribution in [1.29, 1.82) is 0 Å². The second-order valence-electron chi connectivity index (χ2n) is 16.1. The Morgan fingerprint density at radius 2 is 1.73 bits per heavy atom. The number of amides is 4. The number of aromatic nitrogens is 5. The van der Waals surface area contributed by atoms with Gasteiger partial charge in [0.15, 0.2) is 5.65 Å². The topological polar surface area (TPSA) is 220 Å². The quantitative estimate of drug-likeness (QED) is 0.0983. The van der Waals surface area contributed by atoms with Crippen LogP contribution in [-0.4, -0.2) is 80.9 Å². The Bertz CT molecular complexity index is 2370. The molecule has 0 bridgehead atoms. The number of ether oxygens (including phenoxy) is 2. The summed E-state index contributed by atoms with van der Waals surface area (Å²) in [6.07, 6.45) is 7.12. The van der Waals surface area contributed by atoms with Crippen molar-refractivity contribution in [1.82, 2.24) is 35.0 Å². The number of hydrogen-bond donors (Lipinski definition) is 5. The summed E-state index contributed by atoms with van der Waals surface area (Å²) in [7, 11) is -3.67. The van der Waals surface area contributed by atoms with E-state index in [0.29, 0.717) is 42.4 Å². The molecule has 18 heteroatoms. The Balaban J connectivity index is 0.00000110. The molecule has 59 heavy (non-hydrogen) atoms. The lowest BCUT2D eigenvalue weighted by Crippen LogP contribution is -2.38. The van der Waals surface area contributed by atoms with Gasteiger partial charge in [-0.3, -0.25) is 14.3 Å². The van der Waals surface area contributed by atoms with Crippen LogP contribution in [0.5, 0.6) is 11.5 Å². The van der Waals surface area contributed by atoms with Crippen LogP contribution in [0.15, 0.2) is 72.9 Å². The molecule has 4 atom stereocenters. The van der Waals surface area contributed by atoms with E-state index in [1.54, 1.807) is 4.68 Å². The summed E-state index contributed by atoms with van der Waals surface area (Å²) in [4.78, 5) is 27.2. The highest BCUT2D eigenvalue weighted by Crippen LogP contribution is 2.39. The molecule has 5 aromatic rings. The molecule has 316 valence electrons. The number of carbonyl (C=O) groups excluding carboxylic acids is 2. The van der Waals surface area contributed by atoms with Crippen molar-refractivity contribution in [2.75, 3.05) is 29.6 Å². The third-order valence-corrected chi connectivity index (χ3v) is 10.1. The number of anilines is 2. The van der Waals surface area contributed by atoms with Crippen molar-refractivity contribution in [3.8, 4) is 17.2 Å². The van der Waals surface area contributed by atoms with Gasteiger partial charge in [0.1, 0.15) is 29.5 Å². The molecule has 4 amide bonds. The molecule has 0 saturated carbocycles.